The quantitative estimate of drug-likeness (QED) is 0.169. The van der Waals surface area contributed by atoms with E-state index >= 15 is 0 Å². The number of aliphatic imine (C=N–C) groups is 2. The summed E-state index contributed by atoms with van der Waals surface area (Å²) in [5.41, 5.74) is 17.7. The number of aromatic nitrogens is 1. The molecule has 3 heterocycles. The number of fused-ring (bicyclic) bond motifs is 13. The summed E-state index contributed by atoms with van der Waals surface area (Å²) in [6.07, 6.45) is 10.6. The topological polar surface area (TPSA) is 42.8 Å². The Balaban J connectivity index is 1.01. The maximum Gasteiger partial charge on any atom is 0.160 e. The van der Waals surface area contributed by atoms with Gasteiger partial charge in [-0.3, -0.25) is 0 Å². The molecule has 352 valence electrons. The van der Waals surface area contributed by atoms with Crippen molar-refractivity contribution < 1.29 is 4.42 Å². The first-order chi connectivity index (χ1) is 36.6. The zero-order valence-electron chi connectivity index (χ0n) is 41.2. The molecule has 74 heavy (non-hydrogen) atoms. The minimum Gasteiger partial charge on any atom is -0.455 e. The molecule has 2 aliphatic carbocycles. The summed E-state index contributed by atoms with van der Waals surface area (Å²) in [6, 6.07) is 75.4. The van der Waals surface area contributed by atoms with Gasteiger partial charge in [-0.2, -0.15) is 0 Å². The number of hydrogen-bond acceptors (Lipinski definition) is 3. The van der Waals surface area contributed by atoms with Crippen molar-refractivity contribution in [2.75, 3.05) is 0 Å². The van der Waals surface area contributed by atoms with Crippen molar-refractivity contribution >= 4 is 88.5 Å². The molecule has 1 aliphatic heterocycles. The van der Waals surface area contributed by atoms with Crippen LogP contribution in [-0.2, 0) is 6.42 Å². The molecule has 0 spiro atoms. The van der Waals surface area contributed by atoms with E-state index in [2.05, 4.69) is 236 Å². The van der Waals surface area contributed by atoms with E-state index in [9.17, 15) is 0 Å². The summed E-state index contributed by atoms with van der Waals surface area (Å²) in [6.45, 7) is 2.39. The average Bonchev–Trinajstić information content (AvgIpc) is 3.96. The van der Waals surface area contributed by atoms with Gasteiger partial charge in [0.05, 0.1) is 16.9 Å². The van der Waals surface area contributed by atoms with E-state index in [0.29, 0.717) is 0 Å². The number of allylic oxidation sites excluding steroid dienone is 2. The van der Waals surface area contributed by atoms with Crippen LogP contribution in [0.3, 0.4) is 0 Å². The van der Waals surface area contributed by atoms with Gasteiger partial charge in [-0.15, -0.1) is 0 Å². The summed E-state index contributed by atoms with van der Waals surface area (Å²) < 4.78 is 9.50. The molecule has 12 aromatic rings. The van der Waals surface area contributed by atoms with Gasteiger partial charge in [0.15, 0.2) is 5.84 Å². The summed E-state index contributed by atoms with van der Waals surface area (Å²) in [4.78, 5) is 12.1. The fraction of sp³-hybridized carbons (Fsp3) is 0.114. The Morgan fingerprint density at radius 1 is 0.527 bits per heavy atom. The van der Waals surface area contributed by atoms with Gasteiger partial charge in [0, 0.05) is 55.9 Å². The molecule has 0 bridgehead atoms. The summed E-state index contributed by atoms with van der Waals surface area (Å²) >= 11 is 0. The van der Waals surface area contributed by atoms with Crippen LogP contribution in [0.15, 0.2) is 233 Å². The van der Waals surface area contributed by atoms with Crippen molar-refractivity contribution in [1.29, 1.82) is 0 Å². The third kappa shape index (κ3) is 6.67. The SMILES string of the molecule is CC1C/C=C(\c2c([C@H]3CCc4cc5ccccc5cc4-c4ccccc43)c3c4ccccc4oc3c3ccccc23)N=C(c2cccc3ccccc23)N=C1C1CC=Cc2c1c1ccccc1n2-c1ccccc1. The van der Waals surface area contributed by atoms with Crippen LogP contribution in [-0.4, -0.2) is 16.1 Å². The van der Waals surface area contributed by atoms with Crippen LogP contribution in [0, 0.1) is 5.92 Å². The highest BCUT2D eigenvalue weighted by atomic mass is 16.3. The zero-order chi connectivity index (χ0) is 48.9. The monoisotopic (exact) mass is 949 g/mol. The molecule has 0 fully saturated rings. The second kappa shape index (κ2) is 17.1. The van der Waals surface area contributed by atoms with Gasteiger partial charge in [-0.1, -0.05) is 195 Å². The molecule has 2 unspecified atom stereocenters. The van der Waals surface area contributed by atoms with Gasteiger partial charge >= 0.3 is 0 Å². The fourth-order valence-corrected chi connectivity index (χ4v) is 13.2. The molecule has 3 atom stereocenters. The van der Waals surface area contributed by atoms with Crippen LogP contribution < -0.4 is 0 Å². The Morgan fingerprint density at radius 3 is 2.07 bits per heavy atom. The van der Waals surface area contributed by atoms with E-state index in [0.717, 1.165) is 92.5 Å². The first-order valence-corrected chi connectivity index (χ1v) is 26.3. The van der Waals surface area contributed by atoms with E-state index in [1.807, 2.05) is 0 Å². The number of hydrogen-bond donors (Lipinski definition) is 0. The van der Waals surface area contributed by atoms with Crippen molar-refractivity contribution in [2.24, 2.45) is 15.9 Å². The predicted octanol–water partition coefficient (Wildman–Crippen LogP) is 18.2. The average molecular weight is 950 g/mol. The molecular formula is C70H51N3O. The summed E-state index contributed by atoms with van der Waals surface area (Å²) in [5, 5.41) is 10.6. The van der Waals surface area contributed by atoms with Gasteiger partial charge in [0.25, 0.3) is 0 Å². The van der Waals surface area contributed by atoms with E-state index in [1.165, 1.54) is 71.5 Å². The van der Waals surface area contributed by atoms with Crippen molar-refractivity contribution in [3.05, 3.63) is 257 Å². The number of benzene rings is 10. The lowest BCUT2D eigenvalue weighted by Gasteiger charge is -2.28. The molecule has 15 rings (SSSR count). The number of para-hydroxylation sites is 3. The van der Waals surface area contributed by atoms with Crippen LogP contribution in [0.25, 0.3) is 93.7 Å². The number of nitrogens with zero attached hydrogens (tertiary/aromatic N) is 3. The maximum absolute atomic E-state index is 7.06. The number of furan rings is 1. The number of aryl methyl sites for hydroxylation is 1. The number of amidine groups is 1. The molecule has 0 N–H and O–H groups in total. The van der Waals surface area contributed by atoms with E-state index in [1.54, 1.807) is 0 Å². The highest BCUT2D eigenvalue weighted by molar-refractivity contribution is 6.22. The van der Waals surface area contributed by atoms with Gasteiger partial charge in [0.2, 0.25) is 0 Å². The van der Waals surface area contributed by atoms with Crippen molar-refractivity contribution in [1.82, 2.24) is 4.57 Å². The molecule has 4 heteroatoms. The minimum atomic E-state index is 0.0123. The fourth-order valence-electron chi connectivity index (χ4n) is 13.2. The first-order valence-electron chi connectivity index (χ1n) is 26.3. The normalized spacial score (nSPS) is 18.3. The maximum atomic E-state index is 7.06. The van der Waals surface area contributed by atoms with Gasteiger partial charge in [0.1, 0.15) is 11.2 Å². The molecule has 3 aliphatic rings. The van der Waals surface area contributed by atoms with Crippen molar-refractivity contribution in [3.8, 4) is 16.8 Å². The first kappa shape index (κ1) is 42.8. The van der Waals surface area contributed by atoms with Crippen LogP contribution in [0.5, 0.6) is 0 Å². The third-order valence-electron chi connectivity index (χ3n) is 16.5. The van der Waals surface area contributed by atoms with E-state index in [-0.39, 0.29) is 17.8 Å². The standard InChI is InChI=1S/C70H51N3O/c1-43-37-40-60(71-70(55-32-17-22-44-19-7-8-25-49(44)55)72-68(43)58-33-18-35-62-64(58)56-30-13-15-34-61(56)73(62)48-23-3-2-4-24-48)65-52-28-11-12-29-54(52)69-67(57-31-14-16-36-63(57)74-69)66(65)53-39-38-47-41-45-20-5-6-21-46(45)42-59(47)51-27-10-9-26-50(51)53/h2-32,34-36,40-43,53,58H,33,37-39H2,1H3/b60-40+,71-70?,72-68?/t43?,53-,58?/m0/s1. The highest BCUT2D eigenvalue weighted by Crippen LogP contribution is 2.52. The van der Waals surface area contributed by atoms with E-state index in [4.69, 9.17) is 14.4 Å². The Hall–Kier alpha value is -8.86. The van der Waals surface area contributed by atoms with Crippen LogP contribution in [0.1, 0.15) is 77.1 Å². The zero-order valence-corrected chi connectivity index (χ0v) is 41.2. The lowest BCUT2D eigenvalue weighted by atomic mass is 9.78. The molecule has 0 saturated carbocycles. The Bertz CT molecular complexity index is 4400. The Morgan fingerprint density at radius 2 is 1.20 bits per heavy atom. The second-order valence-electron chi connectivity index (χ2n) is 20.6. The summed E-state index contributed by atoms with van der Waals surface area (Å²) in [7, 11) is 0. The lowest BCUT2D eigenvalue weighted by molar-refractivity contribution is 0.671. The molecule has 0 saturated heterocycles. The van der Waals surface area contributed by atoms with Gasteiger partial charge in [-0.05, 0) is 128 Å². The highest BCUT2D eigenvalue weighted by Gasteiger charge is 2.35. The van der Waals surface area contributed by atoms with E-state index < -0.39 is 0 Å². The largest absolute Gasteiger partial charge is 0.455 e. The second-order valence-corrected chi connectivity index (χ2v) is 20.6. The van der Waals surface area contributed by atoms with Crippen LogP contribution in [0.2, 0.25) is 0 Å². The van der Waals surface area contributed by atoms with Crippen molar-refractivity contribution in [3.63, 3.8) is 0 Å². The van der Waals surface area contributed by atoms with Crippen molar-refractivity contribution in [2.45, 2.75) is 44.4 Å². The van der Waals surface area contributed by atoms with Crippen LogP contribution in [0.4, 0.5) is 0 Å². The van der Waals surface area contributed by atoms with Gasteiger partial charge < -0.3 is 8.98 Å². The number of rotatable bonds is 5. The molecule has 0 radical (unpaired) electrons. The lowest BCUT2D eigenvalue weighted by Crippen LogP contribution is -2.24. The minimum absolute atomic E-state index is 0.0123. The van der Waals surface area contributed by atoms with Gasteiger partial charge in [-0.25, -0.2) is 9.98 Å². The molecule has 10 aromatic carbocycles. The summed E-state index contributed by atoms with van der Waals surface area (Å²) in [5.74, 6) is 0.883. The molecule has 2 aromatic heterocycles. The Kier molecular flexibility index (Phi) is 9.91. The smallest absolute Gasteiger partial charge is 0.160 e. The van der Waals surface area contributed by atoms with Crippen LogP contribution >= 0.6 is 0 Å². The third-order valence-corrected chi connectivity index (χ3v) is 16.5. The molecular weight excluding hydrogens is 899 g/mol. The molecule has 4 nitrogen and oxygen atoms in total. The predicted molar refractivity (Wildman–Crippen MR) is 310 cm³/mol. The Labute approximate surface area is 430 Å². The molecule has 0 amide bonds.